The molecule has 4 rings (SSSR count). The van der Waals surface area contributed by atoms with Gasteiger partial charge in [-0.1, -0.05) is 48.0 Å². The summed E-state index contributed by atoms with van der Waals surface area (Å²) < 4.78 is 27.1. The van der Waals surface area contributed by atoms with Gasteiger partial charge < -0.3 is 5.32 Å². The first kappa shape index (κ1) is 23.2. The van der Waals surface area contributed by atoms with Crippen LogP contribution in [0.15, 0.2) is 77.7 Å². The molecule has 0 saturated carbocycles. The second-order valence-electron chi connectivity index (χ2n) is 8.46. The molecule has 0 atom stereocenters. The third kappa shape index (κ3) is 5.50. The molecule has 1 aliphatic heterocycles. The Bertz CT molecular complexity index is 1220. The van der Waals surface area contributed by atoms with E-state index in [1.165, 1.54) is 0 Å². The fourth-order valence-electron chi connectivity index (χ4n) is 4.04. The molecule has 0 radical (unpaired) electrons. The Morgan fingerprint density at radius 2 is 1.55 bits per heavy atom. The van der Waals surface area contributed by atoms with Crippen LogP contribution in [0.2, 0.25) is 0 Å². The second kappa shape index (κ2) is 9.87. The predicted molar refractivity (Wildman–Crippen MR) is 131 cm³/mol. The van der Waals surface area contributed by atoms with Crippen molar-refractivity contribution in [3.05, 3.63) is 95.1 Å². The van der Waals surface area contributed by atoms with E-state index in [-0.39, 0.29) is 5.91 Å². The van der Waals surface area contributed by atoms with Crippen LogP contribution >= 0.6 is 0 Å². The number of hydrogen-bond donors (Lipinski definition) is 1. The summed E-state index contributed by atoms with van der Waals surface area (Å²) in [5, 5.41) is 2.98. The maximum Gasteiger partial charge on any atom is 0.255 e. The van der Waals surface area contributed by atoms with Crippen LogP contribution in [0.4, 0.5) is 5.69 Å². The molecule has 33 heavy (non-hydrogen) atoms. The SMILES string of the molecule is Cc1ccc(NC(=O)c2ccc(CN3CCN(S(=O)(=O)c4ccccc4)CC3)cc2)c(C)c1. The van der Waals surface area contributed by atoms with Crippen LogP contribution in [0.3, 0.4) is 0 Å². The first-order chi connectivity index (χ1) is 15.8. The highest BCUT2D eigenvalue weighted by Gasteiger charge is 2.28. The molecule has 0 spiro atoms. The molecule has 0 bridgehead atoms. The summed E-state index contributed by atoms with van der Waals surface area (Å²) >= 11 is 0. The van der Waals surface area contributed by atoms with Gasteiger partial charge in [0.15, 0.2) is 0 Å². The number of nitrogens with one attached hydrogen (secondary N) is 1. The van der Waals surface area contributed by atoms with E-state index in [9.17, 15) is 13.2 Å². The number of piperazine rings is 1. The molecular weight excluding hydrogens is 434 g/mol. The van der Waals surface area contributed by atoms with Crippen molar-refractivity contribution in [3.63, 3.8) is 0 Å². The Kier molecular flexibility index (Phi) is 6.93. The lowest BCUT2D eigenvalue weighted by Crippen LogP contribution is -2.48. The zero-order valence-corrected chi connectivity index (χ0v) is 19.8. The molecule has 3 aromatic rings. The van der Waals surface area contributed by atoms with E-state index in [1.54, 1.807) is 28.6 Å². The lowest BCUT2D eigenvalue weighted by molar-refractivity contribution is 0.102. The highest BCUT2D eigenvalue weighted by atomic mass is 32.2. The fraction of sp³-hybridized carbons (Fsp3) is 0.269. The van der Waals surface area contributed by atoms with Crippen LogP contribution in [0.5, 0.6) is 0 Å². The van der Waals surface area contributed by atoms with E-state index in [4.69, 9.17) is 0 Å². The minimum Gasteiger partial charge on any atom is -0.322 e. The number of carbonyl (C=O) groups excluding carboxylic acids is 1. The third-order valence-corrected chi connectivity index (χ3v) is 7.88. The Morgan fingerprint density at radius 3 is 2.18 bits per heavy atom. The lowest BCUT2D eigenvalue weighted by atomic mass is 10.1. The molecule has 0 aliphatic carbocycles. The second-order valence-corrected chi connectivity index (χ2v) is 10.4. The van der Waals surface area contributed by atoms with E-state index in [1.807, 2.05) is 62.4 Å². The summed E-state index contributed by atoms with van der Waals surface area (Å²) in [5.41, 5.74) is 4.72. The number of amides is 1. The number of aryl methyl sites for hydroxylation is 2. The van der Waals surface area contributed by atoms with Crippen LogP contribution in [0, 0.1) is 13.8 Å². The van der Waals surface area contributed by atoms with Crippen LogP contribution in [0.25, 0.3) is 0 Å². The minimum absolute atomic E-state index is 0.131. The van der Waals surface area contributed by atoms with Gasteiger partial charge in [-0.15, -0.1) is 0 Å². The van der Waals surface area contributed by atoms with Crippen molar-refractivity contribution in [2.75, 3.05) is 31.5 Å². The normalized spacial score (nSPS) is 15.3. The molecule has 7 heteroatoms. The molecule has 1 saturated heterocycles. The zero-order chi connectivity index (χ0) is 23.4. The van der Waals surface area contributed by atoms with Gasteiger partial charge in [-0.25, -0.2) is 8.42 Å². The van der Waals surface area contributed by atoms with Gasteiger partial charge in [0.25, 0.3) is 5.91 Å². The average molecular weight is 464 g/mol. The Hall–Kier alpha value is -3.00. The summed E-state index contributed by atoms with van der Waals surface area (Å²) in [7, 11) is -3.44. The molecule has 1 aliphatic rings. The number of carbonyl (C=O) groups is 1. The molecule has 1 amide bonds. The summed E-state index contributed by atoms with van der Waals surface area (Å²) in [6.45, 7) is 7.00. The Labute approximate surface area is 195 Å². The van der Waals surface area contributed by atoms with Crippen molar-refractivity contribution in [2.24, 2.45) is 0 Å². The first-order valence-corrected chi connectivity index (χ1v) is 12.5. The van der Waals surface area contributed by atoms with Gasteiger partial charge in [0.1, 0.15) is 0 Å². The van der Waals surface area contributed by atoms with E-state index in [0.717, 1.165) is 28.9 Å². The van der Waals surface area contributed by atoms with Gasteiger partial charge in [-0.2, -0.15) is 4.31 Å². The quantitative estimate of drug-likeness (QED) is 0.599. The first-order valence-electron chi connectivity index (χ1n) is 11.1. The molecule has 1 heterocycles. The summed E-state index contributed by atoms with van der Waals surface area (Å²) in [6, 6.07) is 22.1. The lowest BCUT2D eigenvalue weighted by Gasteiger charge is -2.34. The number of rotatable bonds is 6. The maximum atomic E-state index is 12.8. The van der Waals surface area contributed by atoms with Crippen molar-refractivity contribution in [2.45, 2.75) is 25.3 Å². The minimum atomic E-state index is -3.44. The number of nitrogens with zero attached hydrogens (tertiary/aromatic N) is 2. The van der Waals surface area contributed by atoms with E-state index in [0.29, 0.717) is 36.6 Å². The topological polar surface area (TPSA) is 69.7 Å². The van der Waals surface area contributed by atoms with Crippen LogP contribution in [-0.2, 0) is 16.6 Å². The third-order valence-electron chi connectivity index (χ3n) is 5.96. The Balaban J connectivity index is 1.32. The molecule has 0 unspecified atom stereocenters. The highest BCUT2D eigenvalue weighted by Crippen LogP contribution is 2.19. The van der Waals surface area contributed by atoms with Crippen molar-refractivity contribution in [1.29, 1.82) is 0 Å². The molecule has 1 fully saturated rings. The van der Waals surface area contributed by atoms with E-state index >= 15 is 0 Å². The summed E-state index contributed by atoms with van der Waals surface area (Å²) in [6.07, 6.45) is 0. The Morgan fingerprint density at radius 1 is 0.879 bits per heavy atom. The van der Waals surface area contributed by atoms with Gasteiger partial charge in [0.2, 0.25) is 10.0 Å². The molecular formula is C26H29N3O3S. The van der Waals surface area contributed by atoms with Crippen molar-refractivity contribution in [1.82, 2.24) is 9.21 Å². The zero-order valence-electron chi connectivity index (χ0n) is 19.0. The standard InChI is InChI=1S/C26H29N3O3S/c1-20-8-13-25(21(2)18-20)27-26(30)23-11-9-22(10-12-23)19-28-14-16-29(17-15-28)33(31,32)24-6-4-3-5-7-24/h3-13,18H,14-17,19H2,1-2H3,(H,27,30). The van der Waals surface area contributed by atoms with Crippen molar-refractivity contribution >= 4 is 21.6 Å². The number of hydrogen-bond acceptors (Lipinski definition) is 4. The smallest absolute Gasteiger partial charge is 0.255 e. The monoisotopic (exact) mass is 463 g/mol. The fourth-order valence-corrected chi connectivity index (χ4v) is 5.48. The summed E-state index contributed by atoms with van der Waals surface area (Å²) in [4.78, 5) is 15.2. The highest BCUT2D eigenvalue weighted by molar-refractivity contribution is 7.89. The van der Waals surface area contributed by atoms with E-state index < -0.39 is 10.0 Å². The average Bonchev–Trinajstić information content (AvgIpc) is 2.82. The number of anilines is 1. The van der Waals surface area contributed by atoms with Gasteiger partial charge >= 0.3 is 0 Å². The van der Waals surface area contributed by atoms with Crippen LogP contribution in [0.1, 0.15) is 27.0 Å². The molecule has 0 aromatic heterocycles. The number of benzene rings is 3. The predicted octanol–water partition coefficient (Wildman–Crippen LogP) is 4.06. The van der Waals surface area contributed by atoms with E-state index in [2.05, 4.69) is 10.2 Å². The largest absolute Gasteiger partial charge is 0.322 e. The summed E-state index contributed by atoms with van der Waals surface area (Å²) in [5.74, 6) is -0.131. The molecule has 6 nitrogen and oxygen atoms in total. The van der Waals surface area contributed by atoms with Gasteiger partial charge in [-0.05, 0) is 55.3 Å². The van der Waals surface area contributed by atoms with Crippen molar-refractivity contribution < 1.29 is 13.2 Å². The van der Waals surface area contributed by atoms with Gasteiger partial charge in [0, 0.05) is 44.0 Å². The van der Waals surface area contributed by atoms with Gasteiger partial charge in [-0.3, -0.25) is 9.69 Å². The maximum absolute atomic E-state index is 12.8. The van der Waals surface area contributed by atoms with Crippen LogP contribution < -0.4 is 5.32 Å². The van der Waals surface area contributed by atoms with Crippen molar-refractivity contribution in [3.8, 4) is 0 Å². The van der Waals surface area contributed by atoms with Gasteiger partial charge in [0.05, 0.1) is 4.90 Å². The molecule has 172 valence electrons. The van der Waals surface area contributed by atoms with Crippen LogP contribution in [-0.4, -0.2) is 49.7 Å². The molecule has 1 N–H and O–H groups in total. The number of sulfonamides is 1. The molecule has 3 aromatic carbocycles.